The predicted octanol–water partition coefficient (Wildman–Crippen LogP) is 1.96. The van der Waals surface area contributed by atoms with E-state index in [9.17, 15) is 9.90 Å². The molecule has 21 heavy (non-hydrogen) atoms. The number of hydrogen-bond acceptors (Lipinski definition) is 4. The van der Waals surface area contributed by atoms with Crippen molar-refractivity contribution in [3.63, 3.8) is 0 Å². The van der Waals surface area contributed by atoms with Gasteiger partial charge in [0.2, 0.25) is 0 Å². The van der Waals surface area contributed by atoms with Crippen LogP contribution in [0.3, 0.4) is 0 Å². The molecule has 1 fully saturated rings. The van der Waals surface area contributed by atoms with Gasteiger partial charge in [0, 0.05) is 48.4 Å². The fraction of sp³-hybridized carbons (Fsp3) is 0.533. The summed E-state index contributed by atoms with van der Waals surface area (Å²) in [5.74, 6) is 0.858. The number of halogens is 1. The standard InChI is InChI=1S/C15H21ClN2O2S/c1-12(19)15(20)18-8-6-17(7-9-18)10-11-21-14-4-2-13(16)3-5-14/h2-5,12,19H,6-11H2,1H3. The lowest BCUT2D eigenvalue weighted by atomic mass is 10.2. The Morgan fingerprint density at radius 2 is 1.90 bits per heavy atom. The van der Waals surface area contributed by atoms with E-state index in [0.29, 0.717) is 13.1 Å². The smallest absolute Gasteiger partial charge is 0.251 e. The molecule has 0 saturated carbocycles. The summed E-state index contributed by atoms with van der Waals surface area (Å²) in [4.78, 5) is 17.0. The molecule has 1 N–H and O–H groups in total. The first-order valence-electron chi connectivity index (χ1n) is 7.14. The van der Waals surface area contributed by atoms with Crippen molar-refractivity contribution in [3.05, 3.63) is 29.3 Å². The maximum absolute atomic E-state index is 11.7. The number of amides is 1. The fourth-order valence-electron chi connectivity index (χ4n) is 2.28. The molecule has 1 atom stereocenters. The quantitative estimate of drug-likeness (QED) is 0.839. The first-order valence-corrected chi connectivity index (χ1v) is 8.50. The van der Waals surface area contributed by atoms with Crippen LogP contribution in [0, 0.1) is 0 Å². The molecule has 1 unspecified atom stereocenters. The van der Waals surface area contributed by atoms with E-state index in [0.717, 1.165) is 30.4 Å². The van der Waals surface area contributed by atoms with Crippen molar-refractivity contribution >= 4 is 29.3 Å². The van der Waals surface area contributed by atoms with Crippen LogP contribution in [0.5, 0.6) is 0 Å². The zero-order valence-corrected chi connectivity index (χ0v) is 13.7. The van der Waals surface area contributed by atoms with Crippen molar-refractivity contribution < 1.29 is 9.90 Å². The average Bonchev–Trinajstić information content (AvgIpc) is 2.49. The highest BCUT2D eigenvalue weighted by Gasteiger charge is 2.23. The number of aliphatic hydroxyl groups excluding tert-OH is 1. The Morgan fingerprint density at radius 1 is 1.29 bits per heavy atom. The number of aliphatic hydroxyl groups is 1. The number of benzene rings is 1. The molecular weight excluding hydrogens is 308 g/mol. The van der Waals surface area contributed by atoms with Gasteiger partial charge in [-0.2, -0.15) is 0 Å². The lowest BCUT2D eigenvalue weighted by Gasteiger charge is -2.35. The second-order valence-corrected chi connectivity index (χ2v) is 6.75. The van der Waals surface area contributed by atoms with Crippen LogP contribution in [-0.2, 0) is 4.79 Å². The van der Waals surface area contributed by atoms with Crippen LogP contribution >= 0.6 is 23.4 Å². The molecule has 116 valence electrons. The van der Waals surface area contributed by atoms with E-state index in [1.807, 2.05) is 36.0 Å². The number of carbonyl (C=O) groups is 1. The summed E-state index contributed by atoms with van der Waals surface area (Å²) in [5, 5.41) is 10.1. The zero-order chi connectivity index (χ0) is 15.2. The first-order chi connectivity index (χ1) is 10.1. The summed E-state index contributed by atoms with van der Waals surface area (Å²) >= 11 is 7.68. The summed E-state index contributed by atoms with van der Waals surface area (Å²) in [5.41, 5.74) is 0. The molecule has 1 aliphatic rings. The van der Waals surface area contributed by atoms with Crippen molar-refractivity contribution in [2.24, 2.45) is 0 Å². The number of piperazine rings is 1. The van der Waals surface area contributed by atoms with E-state index < -0.39 is 6.10 Å². The van der Waals surface area contributed by atoms with Gasteiger partial charge in [-0.05, 0) is 31.2 Å². The highest BCUT2D eigenvalue weighted by atomic mass is 35.5. The van der Waals surface area contributed by atoms with Crippen molar-refractivity contribution in [3.8, 4) is 0 Å². The van der Waals surface area contributed by atoms with Crippen molar-refractivity contribution in [2.75, 3.05) is 38.5 Å². The van der Waals surface area contributed by atoms with Gasteiger partial charge in [0.25, 0.3) is 5.91 Å². The molecule has 1 aliphatic heterocycles. The molecule has 1 saturated heterocycles. The second-order valence-electron chi connectivity index (χ2n) is 5.15. The lowest BCUT2D eigenvalue weighted by molar-refractivity contribution is -0.141. The van der Waals surface area contributed by atoms with Gasteiger partial charge >= 0.3 is 0 Å². The minimum atomic E-state index is -0.892. The summed E-state index contributed by atoms with van der Waals surface area (Å²) < 4.78 is 0. The van der Waals surface area contributed by atoms with Gasteiger partial charge < -0.3 is 10.0 Å². The molecule has 0 radical (unpaired) electrons. The topological polar surface area (TPSA) is 43.8 Å². The Bertz CT molecular complexity index is 459. The highest BCUT2D eigenvalue weighted by Crippen LogP contribution is 2.20. The van der Waals surface area contributed by atoms with Gasteiger partial charge in [-0.25, -0.2) is 0 Å². The number of carbonyl (C=O) groups excluding carboxylic acids is 1. The molecule has 2 rings (SSSR count). The van der Waals surface area contributed by atoms with Crippen LogP contribution in [0.2, 0.25) is 5.02 Å². The van der Waals surface area contributed by atoms with E-state index in [-0.39, 0.29) is 5.91 Å². The van der Waals surface area contributed by atoms with Gasteiger partial charge in [0.1, 0.15) is 6.10 Å². The lowest BCUT2D eigenvalue weighted by Crippen LogP contribution is -2.51. The molecule has 0 aromatic heterocycles. The van der Waals surface area contributed by atoms with Crippen LogP contribution in [0.15, 0.2) is 29.2 Å². The molecule has 1 amide bonds. The maximum atomic E-state index is 11.7. The van der Waals surface area contributed by atoms with Gasteiger partial charge in [-0.3, -0.25) is 9.69 Å². The predicted molar refractivity (Wildman–Crippen MR) is 86.9 cm³/mol. The molecule has 6 heteroatoms. The zero-order valence-electron chi connectivity index (χ0n) is 12.2. The van der Waals surface area contributed by atoms with Gasteiger partial charge in [0.05, 0.1) is 0 Å². The van der Waals surface area contributed by atoms with E-state index in [1.165, 1.54) is 11.8 Å². The normalized spacial score (nSPS) is 17.8. The summed E-state index contributed by atoms with van der Waals surface area (Å²) in [6.45, 7) is 5.69. The summed E-state index contributed by atoms with van der Waals surface area (Å²) in [6.07, 6.45) is -0.892. The first kappa shape index (κ1) is 16.6. The Kier molecular flexibility index (Phi) is 6.36. The van der Waals surface area contributed by atoms with Crippen molar-refractivity contribution in [1.29, 1.82) is 0 Å². The summed E-state index contributed by atoms with van der Waals surface area (Å²) in [6, 6.07) is 7.88. The van der Waals surface area contributed by atoms with E-state index in [1.54, 1.807) is 4.90 Å². The summed E-state index contributed by atoms with van der Waals surface area (Å²) in [7, 11) is 0. The Labute approximate surface area is 135 Å². The number of rotatable bonds is 5. The van der Waals surface area contributed by atoms with Crippen LogP contribution in [-0.4, -0.2) is 65.4 Å². The fourth-order valence-corrected chi connectivity index (χ4v) is 3.32. The molecule has 0 bridgehead atoms. The molecule has 1 aromatic carbocycles. The molecule has 1 aromatic rings. The number of thioether (sulfide) groups is 1. The third-order valence-corrected chi connectivity index (χ3v) is 4.78. The SMILES string of the molecule is CC(O)C(=O)N1CCN(CCSc2ccc(Cl)cc2)CC1. The van der Waals surface area contributed by atoms with E-state index in [2.05, 4.69) is 4.90 Å². The van der Waals surface area contributed by atoms with Crippen LogP contribution in [0.25, 0.3) is 0 Å². The van der Waals surface area contributed by atoms with Gasteiger partial charge in [0.15, 0.2) is 0 Å². The molecule has 4 nitrogen and oxygen atoms in total. The van der Waals surface area contributed by atoms with Crippen LogP contribution < -0.4 is 0 Å². The van der Waals surface area contributed by atoms with Crippen LogP contribution in [0.1, 0.15) is 6.92 Å². The molecule has 0 spiro atoms. The monoisotopic (exact) mass is 328 g/mol. The van der Waals surface area contributed by atoms with Crippen LogP contribution in [0.4, 0.5) is 0 Å². The largest absolute Gasteiger partial charge is 0.384 e. The molecule has 0 aliphatic carbocycles. The Hall–Kier alpha value is -0.750. The average molecular weight is 329 g/mol. The number of nitrogens with zero attached hydrogens (tertiary/aromatic N) is 2. The second kappa shape index (κ2) is 8.03. The minimum absolute atomic E-state index is 0.162. The number of hydrogen-bond donors (Lipinski definition) is 1. The third-order valence-electron chi connectivity index (χ3n) is 3.53. The molecule has 1 heterocycles. The minimum Gasteiger partial charge on any atom is -0.384 e. The van der Waals surface area contributed by atoms with Gasteiger partial charge in [-0.1, -0.05) is 11.6 Å². The Morgan fingerprint density at radius 3 is 2.48 bits per heavy atom. The van der Waals surface area contributed by atoms with Crippen molar-refractivity contribution in [1.82, 2.24) is 9.80 Å². The van der Waals surface area contributed by atoms with Gasteiger partial charge in [-0.15, -0.1) is 11.8 Å². The van der Waals surface area contributed by atoms with Crippen molar-refractivity contribution in [2.45, 2.75) is 17.9 Å². The molecular formula is C15H21ClN2O2S. The highest BCUT2D eigenvalue weighted by molar-refractivity contribution is 7.99. The van der Waals surface area contributed by atoms with E-state index in [4.69, 9.17) is 11.6 Å². The Balaban J connectivity index is 1.67. The maximum Gasteiger partial charge on any atom is 0.251 e. The third kappa shape index (κ3) is 5.18. The van der Waals surface area contributed by atoms with E-state index >= 15 is 0 Å².